The van der Waals surface area contributed by atoms with Gasteiger partial charge in [-0.1, -0.05) is 19.8 Å². The lowest BCUT2D eigenvalue weighted by Crippen LogP contribution is -2.55. The van der Waals surface area contributed by atoms with Crippen molar-refractivity contribution in [2.75, 3.05) is 6.54 Å². The lowest BCUT2D eigenvalue weighted by Gasteiger charge is -2.59. The Morgan fingerprint density at radius 2 is 1.45 bits per heavy atom. The van der Waals surface area contributed by atoms with E-state index in [2.05, 4.69) is 19.2 Å². The molecule has 1 heteroatoms. The van der Waals surface area contributed by atoms with Gasteiger partial charge in [0.15, 0.2) is 0 Å². The summed E-state index contributed by atoms with van der Waals surface area (Å²) in [6.45, 7) is 6.31. The molecule has 0 aromatic rings. The maximum atomic E-state index is 4.02. The Morgan fingerprint density at radius 3 is 1.95 bits per heavy atom. The molecule has 0 radical (unpaired) electrons. The van der Waals surface area contributed by atoms with Gasteiger partial charge < -0.3 is 5.32 Å². The Morgan fingerprint density at radius 1 is 0.950 bits per heavy atom. The molecule has 1 nitrogen and oxygen atoms in total. The number of nitrogens with one attached hydrogen (secondary N) is 1. The van der Waals surface area contributed by atoms with Crippen molar-refractivity contribution in [2.24, 2.45) is 28.6 Å². The molecule has 0 spiro atoms. The molecular weight excluding hydrogens is 242 g/mol. The first-order chi connectivity index (χ1) is 9.57. The molecule has 5 fully saturated rings. The number of hydrogen-bond donors (Lipinski definition) is 1. The SMILES string of the molecule is CC(NCC1(C)CCCC1)C12CC3CC(CC(C3)C1)C2. The van der Waals surface area contributed by atoms with Crippen LogP contribution in [0.5, 0.6) is 0 Å². The fourth-order valence-electron chi connectivity index (χ4n) is 6.73. The highest BCUT2D eigenvalue weighted by atomic mass is 14.9. The van der Waals surface area contributed by atoms with Crippen LogP contribution < -0.4 is 5.32 Å². The minimum absolute atomic E-state index is 0.608. The zero-order valence-electron chi connectivity index (χ0n) is 13.6. The van der Waals surface area contributed by atoms with Crippen molar-refractivity contribution in [1.29, 1.82) is 0 Å². The van der Waals surface area contributed by atoms with Crippen LogP contribution in [-0.2, 0) is 0 Å². The Kier molecular flexibility index (Phi) is 3.22. The largest absolute Gasteiger partial charge is 0.313 e. The van der Waals surface area contributed by atoms with Crippen molar-refractivity contribution >= 4 is 0 Å². The van der Waals surface area contributed by atoms with E-state index in [0.717, 1.165) is 23.8 Å². The Bertz CT molecular complexity index is 331. The molecule has 1 N–H and O–H groups in total. The van der Waals surface area contributed by atoms with Crippen molar-refractivity contribution in [2.45, 2.75) is 84.1 Å². The summed E-state index contributed by atoms with van der Waals surface area (Å²) in [5, 5.41) is 4.02. The molecule has 5 rings (SSSR count). The van der Waals surface area contributed by atoms with Gasteiger partial charge in [-0.05, 0) is 86.9 Å². The van der Waals surface area contributed by atoms with Crippen molar-refractivity contribution in [1.82, 2.24) is 5.32 Å². The molecule has 1 atom stereocenters. The van der Waals surface area contributed by atoms with Crippen molar-refractivity contribution in [3.05, 3.63) is 0 Å². The molecule has 5 aliphatic carbocycles. The summed E-state index contributed by atoms with van der Waals surface area (Å²) in [6, 6.07) is 0.758. The third-order valence-electron chi connectivity index (χ3n) is 7.65. The van der Waals surface area contributed by atoms with E-state index in [0.29, 0.717) is 10.8 Å². The maximum absolute atomic E-state index is 4.02. The van der Waals surface area contributed by atoms with E-state index < -0.39 is 0 Å². The highest BCUT2D eigenvalue weighted by Crippen LogP contribution is 2.61. The minimum atomic E-state index is 0.608. The molecule has 1 unspecified atom stereocenters. The zero-order valence-corrected chi connectivity index (χ0v) is 13.6. The zero-order chi connectivity index (χ0) is 13.8. The molecule has 0 amide bonds. The second kappa shape index (κ2) is 4.73. The van der Waals surface area contributed by atoms with Crippen LogP contribution in [0.25, 0.3) is 0 Å². The Labute approximate surface area is 125 Å². The van der Waals surface area contributed by atoms with E-state index in [-0.39, 0.29) is 0 Å². The second-order valence-corrected chi connectivity index (χ2v) is 9.40. The van der Waals surface area contributed by atoms with Crippen LogP contribution in [0.2, 0.25) is 0 Å². The normalized spacial score (nSPS) is 46.8. The van der Waals surface area contributed by atoms with Crippen molar-refractivity contribution in [3.8, 4) is 0 Å². The van der Waals surface area contributed by atoms with Crippen LogP contribution in [0, 0.1) is 28.6 Å². The fraction of sp³-hybridized carbons (Fsp3) is 1.00. The Hall–Kier alpha value is -0.0400. The average molecular weight is 275 g/mol. The maximum Gasteiger partial charge on any atom is 0.00957 e. The van der Waals surface area contributed by atoms with Gasteiger partial charge in [0, 0.05) is 12.6 Å². The summed E-state index contributed by atoms with van der Waals surface area (Å²) in [4.78, 5) is 0. The van der Waals surface area contributed by atoms with Crippen LogP contribution in [-0.4, -0.2) is 12.6 Å². The summed E-state index contributed by atoms with van der Waals surface area (Å²) in [5.41, 5.74) is 1.29. The highest BCUT2D eigenvalue weighted by Gasteiger charge is 2.53. The summed E-state index contributed by atoms with van der Waals surface area (Å²) in [7, 11) is 0. The average Bonchev–Trinajstić information content (AvgIpc) is 2.82. The van der Waals surface area contributed by atoms with Crippen LogP contribution in [0.3, 0.4) is 0 Å². The molecule has 0 aromatic heterocycles. The molecule has 20 heavy (non-hydrogen) atoms. The smallest absolute Gasteiger partial charge is 0.00957 e. The lowest BCUT2D eigenvalue weighted by molar-refractivity contribution is -0.0715. The first kappa shape index (κ1) is 13.6. The van der Waals surface area contributed by atoms with Gasteiger partial charge in [0.05, 0.1) is 0 Å². The van der Waals surface area contributed by atoms with Crippen molar-refractivity contribution in [3.63, 3.8) is 0 Å². The van der Waals surface area contributed by atoms with E-state index in [1.165, 1.54) is 32.2 Å². The molecular formula is C19H33N. The first-order valence-corrected chi connectivity index (χ1v) is 9.30. The van der Waals surface area contributed by atoms with E-state index >= 15 is 0 Å². The third kappa shape index (κ3) is 2.25. The van der Waals surface area contributed by atoms with Gasteiger partial charge >= 0.3 is 0 Å². The highest BCUT2D eigenvalue weighted by molar-refractivity contribution is 5.05. The van der Waals surface area contributed by atoms with Crippen LogP contribution >= 0.6 is 0 Å². The predicted octanol–water partition coefficient (Wildman–Crippen LogP) is 4.76. The van der Waals surface area contributed by atoms with Crippen LogP contribution in [0.1, 0.15) is 78.1 Å². The summed E-state index contributed by atoms with van der Waals surface area (Å²) in [6.07, 6.45) is 15.2. The summed E-state index contributed by atoms with van der Waals surface area (Å²) < 4.78 is 0. The van der Waals surface area contributed by atoms with Crippen LogP contribution in [0.15, 0.2) is 0 Å². The van der Waals surface area contributed by atoms with Crippen molar-refractivity contribution < 1.29 is 0 Å². The van der Waals surface area contributed by atoms with Crippen LogP contribution in [0.4, 0.5) is 0 Å². The van der Waals surface area contributed by atoms with Gasteiger partial charge in [0.25, 0.3) is 0 Å². The molecule has 0 heterocycles. The van der Waals surface area contributed by atoms with Gasteiger partial charge in [-0.25, -0.2) is 0 Å². The molecule has 5 saturated carbocycles. The van der Waals surface area contributed by atoms with Gasteiger partial charge in [0.1, 0.15) is 0 Å². The summed E-state index contributed by atoms with van der Waals surface area (Å²) in [5.74, 6) is 3.27. The third-order valence-corrected chi connectivity index (χ3v) is 7.65. The standard InChI is InChI=1S/C19H33N/c1-14(20-13-18(2)5-3-4-6-18)19-10-15-7-16(11-19)9-17(8-15)12-19/h14-17,20H,3-13H2,1-2H3. The molecule has 0 aromatic carbocycles. The lowest BCUT2D eigenvalue weighted by atomic mass is 9.48. The van der Waals surface area contributed by atoms with E-state index in [1.807, 2.05) is 0 Å². The number of hydrogen-bond acceptors (Lipinski definition) is 1. The quantitative estimate of drug-likeness (QED) is 0.780. The molecule has 4 bridgehead atoms. The van der Waals surface area contributed by atoms with Gasteiger partial charge in [0.2, 0.25) is 0 Å². The molecule has 0 aliphatic heterocycles. The molecule has 5 aliphatic rings. The van der Waals surface area contributed by atoms with E-state index in [4.69, 9.17) is 0 Å². The Balaban J connectivity index is 1.41. The molecule has 114 valence electrons. The number of rotatable bonds is 4. The summed E-state index contributed by atoms with van der Waals surface area (Å²) >= 11 is 0. The first-order valence-electron chi connectivity index (χ1n) is 9.30. The topological polar surface area (TPSA) is 12.0 Å². The fourth-order valence-corrected chi connectivity index (χ4v) is 6.73. The van der Waals surface area contributed by atoms with E-state index in [1.54, 1.807) is 38.5 Å². The monoisotopic (exact) mass is 275 g/mol. The van der Waals surface area contributed by atoms with Gasteiger partial charge in [-0.15, -0.1) is 0 Å². The van der Waals surface area contributed by atoms with E-state index in [9.17, 15) is 0 Å². The molecule has 0 saturated heterocycles. The minimum Gasteiger partial charge on any atom is -0.313 e. The second-order valence-electron chi connectivity index (χ2n) is 9.40. The van der Waals surface area contributed by atoms with Gasteiger partial charge in [-0.2, -0.15) is 0 Å². The van der Waals surface area contributed by atoms with Gasteiger partial charge in [-0.3, -0.25) is 0 Å². The predicted molar refractivity (Wildman–Crippen MR) is 84.6 cm³/mol.